The zero-order valence-electron chi connectivity index (χ0n) is 31.5. The number of hydrogen-bond donors (Lipinski definition) is 1. The second kappa shape index (κ2) is 15.3. The molecule has 0 spiro atoms. The van der Waals surface area contributed by atoms with Crippen LogP contribution < -0.4 is 14.4 Å². The van der Waals surface area contributed by atoms with Gasteiger partial charge in [-0.2, -0.15) is 0 Å². The van der Waals surface area contributed by atoms with E-state index in [1.165, 1.54) is 5.56 Å². The van der Waals surface area contributed by atoms with Crippen LogP contribution in [0.15, 0.2) is 84.9 Å². The Morgan fingerprint density at radius 3 is 2.43 bits per heavy atom. The monoisotopic (exact) mass is 772 g/mol. The standard InChI is InChI=1S/C45H45ClN4O6/c1-29-7-6-10-39(46)38(29)27-50(32-12-14-34(51)15-13-32)45(53)37-22-41(48-16-5-4-11-40(37)48)35-23-42-43(56-28-55-42)24-36(35)44(52)49-25-31-9-3-2-8-30(31)21-33(49)26-47-17-19-54-20-18-47/h2-3,6-10,12-15,22-24,33,51H,4-5,11,16-21,25-28H2,1H3. The molecule has 1 aromatic heterocycles. The minimum atomic E-state index is -0.182. The molecular weight excluding hydrogens is 728 g/mol. The highest BCUT2D eigenvalue weighted by Crippen LogP contribution is 2.43. The number of nitrogens with zero attached hydrogens (tertiary/aromatic N) is 4. The Hall–Kier alpha value is -5.29. The van der Waals surface area contributed by atoms with Crippen molar-refractivity contribution in [3.63, 3.8) is 0 Å². The fraction of sp³-hybridized carbons (Fsp3) is 0.333. The molecule has 0 aliphatic carbocycles. The molecule has 11 heteroatoms. The smallest absolute Gasteiger partial charge is 0.260 e. The zero-order chi connectivity index (χ0) is 38.3. The molecule has 5 heterocycles. The van der Waals surface area contributed by atoms with E-state index in [0.717, 1.165) is 67.0 Å². The highest BCUT2D eigenvalue weighted by Gasteiger charge is 2.36. The largest absolute Gasteiger partial charge is 0.508 e. The summed E-state index contributed by atoms with van der Waals surface area (Å²) in [6.45, 7) is 7.30. The third kappa shape index (κ3) is 6.91. The van der Waals surface area contributed by atoms with Gasteiger partial charge in [0.05, 0.1) is 30.9 Å². The summed E-state index contributed by atoms with van der Waals surface area (Å²) in [5.74, 6) is 0.964. The molecule has 0 bridgehead atoms. The number of ether oxygens (including phenoxy) is 3. The lowest BCUT2D eigenvalue weighted by atomic mass is 9.92. The number of phenolic OH excluding ortho intramolecular Hbond substituents is 1. The highest BCUT2D eigenvalue weighted by molar-refractivity contribution is 6.31. The molecule has 4 aromatic carbocycles. The third-order valence-electron chi connectivity index (χ3n) is 11.8. The maximum absolute atomic E-state index is 15.2. The first-order valence-electron chi connectivity index (χ1n) is 19.5. The third-order valence-corrected chi connectivity index (χ3v) is 12.1. The summed E-state index contributed by atoms with van der Waals surface area (Å²) in [5.41, 5.74) is 8.43. The van der Waals surface area contributed by atoms with Gasteiger partial charge in [0.15, 0.2) is 11.5 Å². The molecule has 2 amide bonds. The second-order valence-electron chi connectivity index (χ2n) is 15.2. The van der Waals surface area contributed by atoms with Crippen molar-refractivity contribution in [2.75, 3.05) is 44.5 Å². The summed E-state index contributed by atoms with van der Waals surface area (Å²) in [7, 11) is 0. The number of aromatic hydroxyl groups is 1. The Morgan fingerprint density at radius 2 is 1.64 bits per heavy atom. The van der Waals surface area contributed by atoms with Crippen LogP contribution in [0.4, 0.5) is 5.69 Å². The molecule has 0 saturated carbocycles. The summed E-state index contributed by atoms with van der Waals surface area (Å²) >= 11 is 6.74. The van der Waals surface area contributed by atoms with E-state index in [1.54, 1.807) is 29.2 Å². The van der Waals surface area contributed by atoms with Crippen LogP contribution in [-0.4, -0.2) is 77.0 Å². The van der Waals surface area contributed by atoms with Gasteiger partial charge in [0.1, 0.15) is 5.75 Å². The van der Waals surface area contributed by atoms with Gasteiger partial charge in [0.2, 0.25) is 6.79 Å². The average molecular weight is 773 g/mol. The summed E-state index contributed by atoms with van der Waals surface area (Å²) < 4.78 is 19.7. The lowest BCUT2D eigenvalue weighted by Crippen LogP contribution is -2.52. The molecule has 288 valence electrons. The first-order valence-corrected chi connectivity index (χ1v) is 19.9. The van der Waals surface area contributed by atoms with Crippen LogP contribution in [-0.2, 0) is 37.2 Å². The van der Waals surface area contributed by atoms with Crippen LogP contribution >= 0.6 is 11.6 Å². The molecule has 56 heavy (non-hydrogen) atoms. The number of benzene rings is 4. The fourth-order valence-electron chi connectivity index (χ4n) is 8.72. The Morgan fingerprint density at radius 1 is 0.875 bits per heavy atom. The van der Waals surface area contributed by atoms with Crippen LogP contribution in [0.5, 0.6) is 17.2 Å². The van der Waals surface area contributed by atoms with Crippen molar-refractivity contribution in [3.8, 4) is 28.5 Å². The molecule has 5 aromatic rings. The van der Waals surface area contributed by atoms with Gasteiger partial charge in [-0.15, -0.1) is 0 Å². The van der Waals surface area contributed by atoms with Gasteiger partial charge in [0, 0.05) is 66.4 Å². The predicted molar refractivity (Wildman–Crippen MR) is 215 cm³/mol. The number of aromatic nitrogens is 1. The van der Waals surface area contributed by atoms with E-state index in [2.05, 4.69) is 27.7 Å². The zero-order valence-corrected chi connectivity index (χ0v) is 32.3. The minimum Gasteiger partial charge on any atom is -0.508 e. The SMILES string of the molecule is Cc1cccc(Cl)c1CN(C(=O)c1cc(-c2cc3c(cc2C(=O)N2Cc4ccccc4CC2CN2CCOCC2)OCO3)n2c1CCCC2)c1ccc(O)cc1. The molecule has 1 unspecified atom stereocenters. The van der Waals surface area contributed by atoms with Crippen molar-refractivity contribution < 1.29 is 28.9 Å². The van der Waals surface area contributed by atoms with Gasteiger partial charge in [-0.1, -0.05) is 48.0 Å². The number of anilines is 1. The van der Waals surface area contributed by atoms with Gasteiger partial charge >= 0.3 is 0 Å². The molecule has 1 saturated heterocycles. The van der Waals surface area contributed by atoms with Crippen LogP contribution in [0, 0.1) is 6.92 Å². The minimum absolute atomic E-state index is 0.0423. The van der Waals surface area contributed by atoms with Crippen LogP contribution in [0.3, 0.4) is 0 Å². The van der Waals surface area contributed by atoms with E-state index in [4.69, 9.17) is 25.8 Å². The van der Waals surface area contributed by atoms with Gasteiger partial charge in [-0.3, -0.25) is 14.5 Å². The molecule has 1 atom stereocenters. The number of amides is 2. The second-order valence-corrected chi connectivity index (χ2v) is 15.6. The summed E-state index contributed by atoms with van der Waals surface area (Å²) in [6.07, 6.45) is 3.36. The van der Waals surface area contributed by atoms with E-state index in [1.807, 2.05) is 54.3 Å². The van der Waals surface area contributed by atoms with Crippen molar-refractivity contribution in [2.24, 2.45) is 0 Å². The predicted octanol–water partition coefficient (Wildman–Crippen LogP) is 7.63. The molecule has 4 aliphatic heterocycles. The number of halogens is 1. The Bertz CT molecular complexity index is 2280. The summed E-state index contributed by atoms with van der Waals surface area (Å²) in [5, 5.41) is 10.7. The number of carbonyl (C=O) groups is 2. The number of carbonyl (C=O) groups excluding carboxylic acids is 2. The molecule has 0 radical (unpaired) electrons. The lowest BCUT2D eigenvalue weighted by Gasteiger charge is -2.40. The molecule has 4 aliphatic rings. The number of morpholine rings is 1. The summed E-state index contributed by atoms with van der Waals surface area (Å²) in [4.78, 5) is 36.4. The van der Waals surface area contributed by atoms with E-state index in [0.29, 0.717) is 71.6 Å². The Labute approximate surface area is 331 Å². The van der Waals surface area contributed by atoms with E-state index >= 15 is 9.59 Å². The number of phenols is 1. The molecular formula is C45H45ClN4O6. The fourth-order valence-corrected chi connectivity index (χ4v) is 9.00. The number of fused-ring (bicyclic) bond motifs is 3. The van der Waals surface area contributed by atoms with Gasteiger partial charge in [-0.05, 0) is 103 Å². The van der Waals surface area contributed by atoms with Crippen molar-refractivity contribution in [2.45, 2.75) is 58.3 Å². The number of hydrogen-bond acceptors (Lipinski definition) is 7. The van der Waals surface area contributed by atoms with Crippen LogP contribution in [0.25, 0.3) is 11.3 Å². The first kappa shape index (κ1) is 36.4. The molecule has 1 N–H and O–H groups in total. The van der Waals surface area contributed by atoms with Gasteiger partial charge < -0.3 is 33.7 Å². The molecule has 10 nitrogen and oxygen atoms in total. The number of rotatable bonds is 8. The van der Waals surface area contributed by atoms with Crippen molar-refractivity contribution in [1.29, 1.82) is 0 Å². The Kier molecular flexibility index (Phi) is 9.95. The maximum atomic E-state index is 15.2. The quantitative estimate of drug-likeness (QED) is 0.173. The normalized spacial score (nSPS) is 17.7. The van der Waals surface area contributed by atoms with E-state index < -0.39 is 0 Å². The van der Waals surface area contributed by atoms with Crippen molar-refractivity contribution in [1.82, 2.24) is 14.4 Å². The van der Waals surface area contributed by atoms with Crippen molar-refractivity contribution in [3.05, 3.63) is 129 Å². The topological polar surface area (TPSA) is 96.7 Å². The first-order chi connectivity index (χ1) is 27.3. The average Bonchev–Trinajstić information content (AvgIpc) is 3.85. The molecule has 9 rings (SSSR count). The lowest BCUT2D eigenvalue weighted by molar-refractivity contribution is 0.0193. The van der Waals surface area contributed by atoms with E-state index in [-0.39, 0.29) is 36.9 Å². The molecule has 1 fully saturated rings. The highest BCUT2D eigenvalue weighted by atomic mass is 35.5. The summed E-state index contributed by atoms with van der Waals surface area (Å²) in [6, 6.07) is 26.5. The van der Waals surface area contributed by atoms with Crippen LogP contribution in [0.1, 0.15) is 61.5 Å². The maximum Gasteiger partial charge on any atom is 0.260 e. The van der Waals surface area contributed by atoms with Gasteiger partial charge in [-0.25, -0.2) is 0 Å². The number of aryl methyl sites for hydroxylation is 1. The van der Waals surface area contributed by atoms with Crippen LogP contribution in [0.2, 0.25) is 5.02 Å². The Balaban J connectivity index is 1.14. The van der Waals surface area contributed by atoms with Gasteiger partial charge in [0.25, 0.3) is 11.8 Å². The van der Waals surface area contributed by atoms with E-state index in [9.17, 15) is 5.11 Å². The van der Waals surface area contributed by atoms with Crippen molar-refractivity contribution >= 4 is 29.1 Å².